The number of morpholine rings is 1. The van der Waals surface area contributed by atoms with Gasteiger partial charge in [-0.1, -0.05) is 19.1 Å². The molecule has 1 aromatic heterocycles. The number of hydrogen-bond donors (Lipinski definition) is 0. The van der Waals surface area contributed by atoms with Gasteiger partial charge in [0.05, 0.1) is 18.8 Å². The Kier molecular flexibility index (Phi) is 7.01. The lowest BCUT2D eigenvalue weighted by Gasteiger charge is -2.36. The van der Waals surface area contributed by atoms with E-state index in [1.165, 1.54) is 12.1 Å². The molecule has 0 bridgehead atoms. The Labute approximate surface area is 189 Å². The van der Waals surface area contributed by atoms with Crippen molar-refractivity contribution in [3.8, 4) is 11.1 Å². The molecule has 4 rings (SSSR count). The summed E-state index contributed by atoms with van der Waals surface area (Å²) in [6, 6.07) is 6.44. The molecule has 172 valence electrons. The quantitative estimate of drug-likeness (QED) is 0.711. The molecule has 2 fully saturated rings. The number of amides is 1. The van der Waals surface area contributed by atoms with Gasteiger partial charge in [0.25, 0.3) is 0 Å². The van der Waals surface area contributed by atoms with E-state index in [4.69, 9.17) is 9.72 Å². The van der Waals surface area contributed by atoms with Crippen LogP contribution in [-0.2, 0) is 9.53 Å². The molecule has 2 saturated heterocycles. The molecule has 7 nitrogen and oxygen atoms in total. The zero-order valence-corrected chi connectivity index (χ0v) is 19.1. The van der Waals surface area contributed by atoms with Crippen LogP contribution in [0.4, 0.5) is 10.3 Å². The SMILES string of the molecule is CC1CCN(C(=O)CN2CCO[C@H](c3nc(N(C)C)ncc3-c3cccc(F)c3)C2)CC1. The second-order valence-corrected chi connectivity index (χ2v) is 9.03. The predicted octanol–water partition coefficient (Wildman–Crippen LogP) is 2.98. The Balaban J connectivity index is 1.54. The summed E-state index contributed by atoms with van der Waals surface area (Å²) in [5.74, 6) is 1.13. The number of piperidine rings is 1. The van der Waals surface area contributed by atoms with E-state index in [9.17, 15) is 9.18 Å². The number of anilines is 1. The zero-order chi connectivity index (χ0) is 22.7. The highest BCUT2D eigenvalue weighted by Gasteiger charge is 2.29. The highest BCUT2D eigenvalue weighted by atomic mass is 19.1. The number of carbonyl (C=O) groups is 1. The van der Waals surface area contributed by atoms with Gasteiger partial charge in [-0.15, -0.1) is 0 Å². The van der Waals surface area contributed by atoms with Crippen LogP contribution in [0.25, 0.3) is 11.1 Å². The van der Waals surface area contributed by atoms with Gasteiger partial charge < -0.3 is 14.5 Å². The molecule has 0 radical (unpaired) electrons. The summed E-state index contributed by atoms with van der Waals surface area (Å²) >= 11 is 0. The van der Waals surface area contributed by atoms with Gasteiger partial charge in [0.1, 0.15) is 11.9 Å². The normalized spacial score (nSPS) is 20.4. The first kappa shape index (κ1) is 22.6. The molecule has 0 unspecified atom stereocenters. The maximum atomic E-state index is 13.9. The summed E-state index contributed by atoms with van der Waals surface area (Å²) in [5.41, 5.74) is 2.18. The molecule has 2 aliphatic heterocycles. The fraction of sp³-hybridized carbons (Fsp3) is 0.542. The van der Waals surface area contributed by atoms with E-state index in [0.717, 1.165) is 37.2 Å². The van der Waals surface area contributed by atoms with E-state index < -0.39 is 0 Å². The van der Waals surface area contributed by atoms with E-state index in [1.807, 2.05) is 30.0 Å². The van der Waals surface area contributed by atoms with Crippen LogP contribution in [0.1, 0.15) is 31.6 Å². The third kappa shape index (κ3) is 5.24. The minimum atomic E-state index is -0.321. The number of rotatable bonds is 5. The molecule has 3 heterocycles. The number of aromatic nitrogens is 2. The molecule has 1 atom stereocenters. The lowest BCUT2D eigenvalue weighted by atomic mass is 9.99. The van der Waals surface area contributed by atoms with Crippen molar-refractivity contribution >= 4 is 11.9 Å². The molecule has 0 saturated carbocycles. The summed E-state index contributed by atoms with van der Waals surface area (Å²) in [6.45, 7) is 6.09. The number of ether oxygens (including phenoxy) is 1. The summed E-state index contributed by atoms with van der Waals surface area (Å²) in [7, 11) is 3.76. The summed E-state index contributed by atoms with van der Waals surface area (Å²) in [6.07, 6.45) is 3.55. The van der Waals surface area contributed by atoms with Gasteiger partial charge in [-0.25, -0.2) is 14.4 Å². The fourth-order valence-corrected chi connectivity index (χ4v) is 4.29. The first-order valence-corrected chi connectivity index (χ1v) is 11.3. The standard InChI is InChI=1S/C24H32FN5O2/c1-17-7-9-30(10-8-17)22(31)16-29-11-12-32-21(15-29)23-20(14-26-24(27-23)28(2)3)18-5-4-6-19(25)13-18/h4-6,13-14,17,21H,7-12,15-16H2,1-3H3/t21-/m0/s1. The third-order valence-electron chi connectivity index (χ3n) is 6.29. The van der Waals surface area contributed by atoms with Crippen molar-refractivity contribution in [2.24, 2.45) is 5.92 Å². The first-order valence-electron chi connectivity index (χ1n) is 11.3. The number of nitrogens with zero attached hydrogens (tertiary/aromatic N) is 5. The Morgan fingerprint density at radius 3 is 2.75 bits per heavy atom. The predicted molar refractivity (Wildman–Crippen MR) is 122 cm³/mol. The minimum absolute atomic E-state index is 0.180. The second-order valence-electron chi connectivity index (χ2n) is 9.03. The Hall–Kier alpha value is -2.58. The fourth-order valence-electron chi connectivity index (χ4n) is 4.29. The summed E-state index contributed by atoms with van der Waals surface area (Å²) in [4.78, 5) is 28.0. The van der Waals surface area contributed by atoms with Crippen molar-refractivity contribution in [2.75, 3.05) is 58.3 Å². The smallest absolute Gasteiger partial charge is 0.236 e. The largest absolute Gasteiger partial charge is 0.369 e. The number of benzene rings is 1. The molecular formula is C24H32FN5O2. The van der Waals surface area contributed by atoms with E-state index in [-0.39, 0.29) is 17.8 Å². The lowest BCUT2D eigenvalue weighted by Crippen LogP contribution is -2.47. The van der Waals surface area contributed by atoms with Crippen molar-refractivity contribution in [1.82, 2.24) is 19.8 Å². The summed E-state index contributed by atoms with van der Waals surface area (Å²) < 4.78 is 20.0. The summed E-state index contributed by atoms with van der Waals surface area (Å²) in [5, 5.41) is 0. The van der Waals surface area contributed by atoms with Gasteiger partial charge in [-0.3, -0.25) is 9.69 Å². The van der Waals surface area contributed by atoms with Crippen LogP contribution in [0, 0.1) is 11.7 Å². The van der Waals surface area contributed by atoms with Gasteiger partial charge in [0.15, 0.2) is 0 Å². The van der Waals surface area contributed by atoms with Crippen molar-refractivity contribution in [3.05, 3.63) is 42.0 Å². The van der Waals surface area contributed by atoms with Crippen LogP contribution in [0.5, 0.6) is 0 Å². The number of hydrogen-bond acceptors (Lipinski definition) is 6. The van der Waals surface area contributed by atoms with E-state index >= 15 is 0 Å². The monoisotopic (exact) mass is 441 g/mol. The van der Waals surface area contributed by atoms with Crippen LogP contribution >= 0.6 is 0 Å². The molecule has 2 aromatic rings. The van der Waals surface area contributed by atoms with Crippen molar-refractivity contribution in [3.63, 3.8) is 0 Å². The van der Waals surface area contributed by atoms with Crippen LogP contribution in [0.15, 0.2) is 30.5 Å². The van der Waals surface area contributed by atoms with Crippen LogP contribution < -0.4 is 4.90 Å². The Bertz CT molecular complexity index is 946. The molecule has 8 heteroatoms. The Morgan fingerprint density at radius 2 is 2.03 bits per heavy atom. The van der Waals surface area contributed by atoms with Crippen LogP contribution in [-0.4, -0.2) is 79.1 Å². The van der Waals surface area contributed by atoms with Crippen molar-refractivity contribution < 1.29 is 13.9 Å². The molecule has 32 heavy (non-hydrogen) atoms. The maximum Gasteiger partial charge on any atom is 0.236 e. The van der Waals surface area contributed by atoms with Gasteiger partial charge in [0, 0.05) is 52.0 Å². The zero-order valence-electron chi connectivity index (χ0n) is 19.1. The number of carbonyl (C=O) groups excluding carboxylic acids is 1. The second kappa shape index (κ2) is 9.92. The highest BCUT2D eigenvalue weighted by Crippen LogP contribution is 2.32. The number of halogens is 1. The van der Waals surface area contributed by atoms with Crippen molar-refractivity contribution in [2.45, 2.75) is 25.9 Å². The molecular weight excluding hydrogens is 409 g/mol. The molecule has 1 amide bonds. The maximum absolute atomic E-state index is 13.9. The lowest BCUT2D eigenvalue weighted by molar-refractivity contribution is -0.135. The first-order chi connectivity index (χ1) is 15.4. The molecule has 1 aromatic carbocycles. The molecule has 2 aliphatic rings. The average Bonchev–Trinajstić information content (AvgIpc) is 2.79. The molecule has 0 aliphatic carbocycles. The van der Waals surface area contributed by atoms with Crippen LogP contribution in [0.3, 0.4) is 0 Å². The van der Waals surface area contributed by atoms with Crippen molar-refractivity contribution in [1.29, 1.82) is 0 Å². The van der Waals surface area contributed by atoms with Gasteiger partial charge in [-0.2, -0.15) is 0 Å². The average molecular weight is 442 g/mol. The van der Waals surface area contributed by atoms with Gasteiger partial charge in [0.2, 0.25) is 11.9 Å². The highest BCUT2D eigenvalue weighted by molar-refractivity contribution is 5.78. The molecule has 0 spiro atoms. The topological polar surface area (TPSA) is 61.8 Å². The third-order valence-corrected chi connectivity index (χ3v) is 6.29. The van der Waals surface area contributed by atoms with E-state index in [2.05, 4.69) is 16.8 Å². The van der Waals surface area contributed by atoms with E-state index in [0.29, 0.717) is 43.7 Å². The number of likely N-dealkylation sites (tertiary alicyclic amines) is 1. The van der Waals surface area contributed by atoms with Gasteiger partial charge in [-0.05, 0) is 36.5 Å². The molecule has 0 N–H and O–H groups in total. The van der Waals surface area contributed by atoms with Gasteiger partial charge >= 0.3 is 0 Å². The minimum Gasteiger partial charge on any atom is -0.369 e. The Morgan fingerprint density at radius 1 is 1.25 bits per heavy atom. The van der Waals surface area contributed by atoms with Crippen LogP contribution in [0.2, 0.25) is 0 Å². The van der Waals surface area contributed by atoms with E-state index in [1.54, 1.807) is 12.3 Å².